The van der Waals surface area contributed by atoms with Gasteiger partial charge >= 0.3 is 0 Å². The first-order chi connectivity index (χ1) is 8.29. The predicted molar refractivity (Wildman–Crippen MR) is 67.6 cm³/mol. The second-order valence-corrected chi connectivity index (χ2v) is 5.66. The first-order valence-electron chi connectivity index (χ1n) is 6.22. The average molecular weight is 251 g/mol. The Hall–Kier alpha value is -1.01. The van der Waals surface area contributed by atoms with Crippen molar-refractivity contribution in [2.75, 3.05) is 13.1 Å². The molecule has 1 aliphatic rings. The summed E-state index contributed by atoms with van der Waals surface area (Å²) < 4.78 is 1.94. The lowest BCUT2D eigenvalue weighted by Crippen LogP contribution is -2.19. The number of rotatable bonds is 5. The molecule has 5 nitrogen and oxygen atoms in total. The van der Waals surface area contributed by atoms with Crippen LogP contribution in [-0.2, 0) is 0 Å². The zero-order valence-electron chi connectivity index (χ0n) is 10.2. The zero-order valence-corrected chi connectivity index (χ0v) is 11.0. The van der Waals surface area contributed by atoms with Crippen molar-refractivity contribution in [3.8, 4) is 0 Å². The fraction of sp³-hybridized carbons (Fsp3) is 0.727. The number of fused-ring (bicyclic) bond motifs is 1. The summed E-state index contributed by atoms with van der Waals surface area (Å²) >= 11 is 1.66. The van der Waals surface area contributed by atoms with Gasteiger partial charge in [-0.25, -0.2) is 0 Å². The number of hydrogen-bond donors (Lipinski definition) is 1. The maximum Gasteiger partial charge on any atom is 0.234 e. The minimum Gasteiger partial charge on any atom is -0.316 e. The molecule has 1 saturated carbocycles. The van der Waals surface area contributed by atoms with Crippen molar-refractivity contribution in [3.05, 3.63) is 10.8 Å². The normalized spacial score (nSPS) is 17.8. The van der Waals surface area contributed by atoms with Gasteiger partial charge in [-0.05, 0) is 19.4 Å². The van der Waals surface area contributed by atoms with Crippen LogP contribution in [0.25, 0.3) is 4.96 Å². The van der Waals surface area contributed by atoms with Crippen molar-refractivity contribution in [2.45, 2.75) is 38.5 Å². The van der Waals surface area contributed by atoms with E-state index in [9.17, 15) is 0 Å². The van der Waals surface area contributed by atoms with Gasteiger partial charge in [0.25, 0.3) is 0 Å². The molecule has 1 unspecified atom stereocenters. The fourth-order valence-corrected chi connectivity index (χ4v) is 2.79. The Morgan fingerprint density at radius 1 is 1.47 bits per heavy atom. The van der Waals surface area contributed by atoms with Crippen molar-refractivity contribution in [2.24, 2.45) is 0 Å². The number of aromatic nitrogens is 4. The third kappa shape index (κ3) is 2.07. The Labute approximate surface area is 104 Å². The minimum absolute atomic E-state index is 0.439. The Morgan fingerprint density at radius 3 is 3.00 bits per heavy atom. The van der Waals surface area contributed by atoms with Gasteiger partial charge in [-0.1, -0.05) is 25.2 Å². The molecule has 6 heteroatoms. The van der Waals surface area contributed by atoms with Crippen LogP contribution in [0.15, 0.2) is 0 Å². The third-order valence-corrected chi connectivity index (χ3v) is 4.23. The molecule has 1 atom stereocenters. The molecule has 0 aliphatic heterocycles. The van der Waals surface area contributed by atoms with Crippen molar-refractivity contribution >= 4 is 16.3 Å². The van der Waals surface area contributed by atoms with Gasteiger partial charge in [-0.3, -0.25) is 0 Å². The van der Waals surface area contributed by atoms with E-state index >= 15 is 0 Å². The lowest BCUT2D eigenvalue weighted by molar-refractivity contribution is 0.622. The van der Waals surface area contributed by atoms with Gasteiger partial charge in [0, 0.05) is 18.4 Å². The molecule has 0 spiro atoms. The molecule has 2 aromatic heterocycles. The van der Waals surface area contributed by atoms with Crippen molar-refractivity contribution < 1.29 is 0 Å². The number of likely N-dealkylation sites (N-methyl/N-ethyl adjacent to an activating group) is 1. The Balaban J connectivity index is 1.85. The molecule has 2 heterocycles. The molecule has 92 valence electrons. The van der Waals surface area contributed by atoms with Gasteiger partial charge in [0.2, 0.25) is 4.96 Å². The molecule has 0 saturated heterocycles. The van der Waals surface area contributed by atoms with Crippen LogP contribution in [0.4, 0.5) is 0 Å². The van der Waals surface area contributed by atoms with E-state index in [-0.39, 0.29) is 0 Å². The van der Waals surface area contributed by atoms with Crippen molar-refractivity contribution in [3.63, 3.8) is 0 Å². The highest BCUT2D eigenvalue weighted by Crippen LogP contribution is 2.39. The van der Waals surface area contributed by atoms with E-state index in [2.05, 4.69) is 34.5 Å². The highest BCUT2D eigenvalue weighted by Gasteiger charge is 2.30. The fourth-order valence-electron chi connectivity index (χ4n) is 1.89. The summed E-state index contributed by atoms with van der Waals surface area (Å²) in [5, 5.41) is 17.6. The van der Waals surface area contributed by atoms with Crippen LogP contribution in [0.2, 0.25) is 0 Å². The van der Waals surface area contributed by atoms with E-state index in [0.29, 0.717) is 11.8 Å². The minimum atomic E-state index is 0.439. The SMILES string of the molecule is CCNCC(C)c1nn2c(C3CC3)nnc2s1. The van der Waals surface area contributed by atoms with Crippen LogP contribution in [0.1, 0.15) is 49.4 Å². The first-order valence-corrected chi connectivity index (χ1v) is 7.04. The van der Waals surface area contributed by atoms with Crippen molar-refractivity contribution in [1.29, 1.82) is 0 Å². The monoisotopic (exact) mass is 251 g/mol. The molecular weight excluding hydrogens is 234 g/mol. The van der Waals surface area contributed by atoms with E-state index in [1.54, 1.807) is 11.3 Å². The largest absolute Gasteiger partial charge is 0.316 e. The van der Waals surface area contributed by atoms with E-state index in [1.165, 1.54) is 12.8 Å². The molecular formula is C11H17N5S. The molecule has 1 aliphatic carbocycles. The Morgan fingerprint density at radius 2 is 2.29 bits per heavy atom. The van der Waals surface area contributed by atoms with Crippen molar-refractivity contribution in [1.82, 2.24) is 25.1 Å². The Bertz CT molecular complexity index is 513. The zero-order chi connectivity index (χ0) is 11.8. The number of hydrogen-bond acceptors (Lipinski definition) is 5. The molecule has 0 aromatic carbocycles. The van der Waals surface area contributed by atoms with E-state index in [4.69, 9.17) is 0 Å². The van der Waals surface area contributed by atoms with Crippen LogP contribution in [0.3, 0.4) is 0 Å². The molecule has 0 amide bonds. The number of nitrogens with zero attached hydrogens (tertiary/aromatic N) is 4. The Kier molecular flexibility index (Phi) is 2.84. The van der Waals surface area contributed by atoms with Gasteiger partial charge in [0.05, 0.1) is 0 Å². The summed E-state index contributed by atoms with van der Waals surface area (Å²) in [4.78, 5) is 0.935. The van der Waals surface area contributed by atoms with Gasteiger partial charge in [0.1, 0.15) is 5.01 Å². The summed E-state index contributed by atoms with van der Waals surface area (Å²) in [5.74, 6) is 2.09. The average Bonchev–Trinajstić information content (AvgIpc) is 2.95. The summed E-state index contributed by atoms with van der Waals surface area (Å²) in [6.45, 7) is 6.29. The molecule has 1 N–H and O–H groups in total. The molecule has 2 aromatic rings. The van der Waals surface area contributed by atoms with Gasteiger partial charge in [-0.15, -0.1) is 10.2 Å². The van der Waals surface area contributed by atoms with Gasteiger partial charge < -0.3 is 5.32 Å². The maximum atomic E-state index is 4.66. The molecule has 0 radical (unpaired) electrons. The maximum absolute atomic E-state index is 4.66. The summed E-state index contributed by atoms with van der Waals surface area (Å²) in [7, 11) is 0. The highest BCUT2D eigenvalue weighted by atomic mass is 32.1. The highest BCUT2D eigenvalue weighted by molar-refractivity contribution is 7.16. The van der Waals surface area contributed by atoms with E-state index in [1.807, 2.05) is 4.52 Å². The first kappa shape index (κ1) is 11.1. The lowest BCUT2D eigenvalue weighted by atomic mass is 10.2. The van der Waals surface area contributed by atoms with Gasteiger partial charge in [-0.2, -0.15) is 9.61 Å². The summed E-state index contributed by atoms with van der Waals surface area (Å²) in [6, 6.07) is 0. The van der Waals surface area contributed by atoms with Crippen LogP contribution in [-0.4, -0.2) is 32.9 Å². The quantitative estimate of drug-likeness (QED) is 0.880. The number of nitrogens with one attached hydrogen (secondary N) is 1. The molecule has 0 bridgehead atoms. The summed E-state index contributed by atoms with van der Waals surface area (Å²) in [6.07, 6.45) is 2.47. The predicted octanol–water partition coefficient (Wildman–Crippen LogP) is 1.78. The van der Waals surface area contributed by atoms with Crippen LogP contribution in [0, 0.1) is 0 Å². The second-order valence-electron chi connectivity index (χ2n) is 4.68. The molecule has 17 heavy (non-hydrogen) atoms. The van der Waals surface area contributed by atoms with E-state index in [0.717, 1.165) is 28.9 Å². The summed E-state index contributed by atoms with van der Waals surface area (Å²) in [5.41, 5.74) is 0. The van der Waals surface area contributed by atoms with E-state index < -0.39 is 0 Å². The van der Waals surface area contributed by atoms with Crippen LogP contribution < -0.4 is 5.32 Å². The second kappa shape index (κ2) is 4.34. The molecule has 1 fully saturated rings. The van der Waals surface area contributed by atoms with Crippen LogP contribution >= 0.6 is 11.3 Å². The topological polar surface area (TPSA) is 55.1 Å². The van der Waals surface area contributed by atoms with Gasteiger partial charge in [0.15, 0.2) is 5.82 Å². The standard InChI is InChI=1S/C11H17N5S/c1-3-12-6-7(2)10-15-16-9(8-4-5-8)13-14-11(16)17-10/h7-8,12H,3-6H2,1-2H3. The third-order valence-electron chi connectivity index (χ3n) is 3.10. The lowest BCUT2D eigenvalue weighted by Gasteiger charge is -2.06. The molecule has 3 rings (SSSR count). The van der Waals surface area contributed by atoms with Crippen LogP contribution in [0.5, 0.6) is 0 Å². The smallest absolute Gasteiger partial charge is 0.234 e.